The van der Waals surface area contributed by atoms with E-state index in [9.17, 15) is 0 Å². The van der Waals surface area contributed by atoms with Crippen LogP contribution in [-0.4, -0.2) is 12.9 Å². The Kier molecular flexibility index (Phi) is 5.72. The number of rotatable bonds is 5. The minimum Gasteiger partial charge on any atom is -0.497 e. The first-order chi connectivity index (χ1) is 7.45. The van der Waals surface area contributed by atoms with Gasteiger partial charge in [-0.1, -0.05) is 25.7 Å². The van der Waals surface area contributed by atoms with Crippen LogP contribution in [0.5, 0.6) is 5.75 Å². The number of benzene rings is 1. The van der Waals surface area contributed by atoms with Gasteiger partial charge in [-0.3, -0.25) is 0 Å². The van der Waals surface area contributed by atoms with Gasteiger partial charge in [-0.2, -0.15) is 0 Å². The van der Waals surface area contributed by atoms with Gasteiger partial charge in [0, 0.05) is 11.1 Å². The van der Waals surface area contributed by atoms with Crippen molar-refractivity contribution in [3.63, 3.8) is 0 Å². The summed E-state index contributed by atoms with van der Waals surface area (Å²) in [5.74, 6) is 2.57. The predicted octanol–water partition coefficient (Wildman–Crippen LogP) is 3.95. The molecule has 0 aliphatic carbocycles. The van der Waals surface area contributed by atoms with Gasteiger partial charge >= 0.3 is 0 Å². The number of ether oxygens (including phenoxy) is 1. The molecule has 5 heteroatoms. The minimum atomic E-state index is -1.74. The lowest BCUT2D eigenvalue weighted by atomic mass is 10.3. The summed E-state index contributed by atoms with van der Waals surface area (Å²) in [6, 6.07) is 7.95. The third-order valence-electron chi connectivity index (χ3n) is 1.98. The lowest BCUT2D eigenvalue weighted by molar-refractivity contribution is 0.415. The van der Waals surface area contributed by atoms with E-state index in [0.29, 0.717) is 5.92 Å². The summed E-state index contributed by atoms with van der Waals surface area (Å²) in [4.78, 5) is 0. The smallest absolute Gasteiger partial charge is 0.118 e. The van der Waals surface area contributed by atoms with Crippen LogP contribution in [0.1, 0.15) is 13.8 Å². The molecule has 90 valence electrons. The third kappa shape index (κ3) is 4.33. The Bertz CT molecular complexity index is 375. The van der Waals surface area contributed by atoms with Crippen LogP contribution < -0.4 is 10.0 Å². The van der Waals surface area contributed by atoms with Crippen molar-refractivity contribution in [2.45, 2.75) is 13.8 Å². The van der Waals surface area contributed by atoms with Crippen molar-refractivity contribution >= 4 is 45.2 Å². The summed E-state index contributed by atoms with van der Waals surface area (Å²) in [6.07, 6.45) is 0. The highest BCUT2D eigenvalue weighted by Crippen LogP contribution is 2.62. The zero-order chi connectivity index (χ0) is 12.2. The highest BCUT2D eigenvalue weighted by atomic mass is 33.2. The molecule has 0 fully saturated rings. The lowest BCUT2D eigenvalue weighted by Crippen LogP contribution is -2.00. The second-order valence-electron chi connectivity index (χ2n) is 3.91. The summed E-state index contributed by atoms with van der Waals surface area (Å²) < 4.78 is 3.39. The highest BCUT2D eigenvalue weighted by molar-refractivity contribution is 8.98. The molecule has 1 nitrogen and oxygen atoms in total. The Hall–Kier alpha value is 0.370. The molecule has 0 amide bonds. The maximum absolute atomic E-state index is 5.61. The average Bonchev–Trinajstić information content (AvgIpc) is 2.27. The number of methoxy groups -OCH3 is 1. The fourth-order valence-corrected chi connectivity index (χ4v) is 6.50. The normalized spacial score (nSPS) is 14.8. The first-order valence-corrected chi connectivity index (χ1v) is 10.6. The molecule has 0 saturated carbocycles. The van der Waals surface area contributed by atoms with Gasteiger partial charge in [0.15, 0.2) is 0 Å². The van der Waals surface area contributed by atoms with Crippen molar-refractivity contribution in [2.24, 2.45) is 5.92 Å². The molecule has 0 radical (unpaired) electrons. The molecule has 0 aromatic heterocycles. The Morgan fingerprint density at radius 1 is 1.38 bits per heavy atom. The molecule has 0 heterocycles. The van der Waals surface area contributed by atoms with Crippen LogP contribution in [0.2, 0.25) is 0 Å². The molecule has 0 spiro atoms. The van der Waals surface area contributed by atoms with Gasteiger partial charge in [-0.15, -0.1) is 23.6 Å². The van der Waals surface area contributed by atoms with Gasteiger partial charge in [-0.25, -0.2) is 0 Å². The zero-order valence-corrected chi connectivity index (χ0v) is 13.1. The SMILES string of the molecule is COc1ccc(P(=S)(S)SCC(C)C)cc1. The van der Waals surface area contributed by atoms with E-state index in [-0.39, 0.29) is 0 Å². The molecular formula is C11H17OPS3. The molecule has 0 saturated heterocycles. The van der Waals surface area contributed by atoms with E-state index in [1.54, 1.807) is 18.5 Å². The summed E-state index contributed by atoms with van der Waals surface area (Å²) in [5, 5.41) is 1.15. The van der Waals surface area contributed by atoms with E-state index in [1.807, 2.05) is 24.3 Å². The van der Waals surface area contributed by atoms with Crippen LogP contribution in [0, 0.1) is 5.92 Å². The Labute approximate surface area is 112 Å². The van der Waals surface area contributed by atoms with Crippen molar-refractivity contribution in [3.8, 4) is 5.75 Å². The number of hydrogen-bond acceptors (Lipinski definition) is 3. The first-order valence-electron chi connectivity index (χ1n) is 5.07. The van der Waals surface area contributed by atoms with Gasteiger partial charge in [-0.05, 0) is 30.2 Å². The summed E-state index contributed by atoms with van der Waals surface area (Å²) in [6.45, 7) is 4.40. The second-order valence-corrected chi connectivity index (χ2v) is 14.2. The topological polar surface area (TPSA) is 9.23 Å². The van der Waals surface area contributed by atoms with E-state index in [2.05, 4.69) is 26.1 Å². The van der Waals surface area contributed by atoms with Gasteiger partial charge in [0.1, 0.15) is 5.75 Å². The molecular weight excluding hydrogens is 275 g/mol. The van der Waals surface area contributed by atoms with Crippen molar-refractivity contribution in [3.05, 3.63) is 24.3 Å². The average molecular weight is 292 g/mol. The van der Waals surface area contributed by atoms with E-state index in [1.165, 1.54) is 0 Å². The molecule has 0 aliphatic rings. The van der Waals surface area contributed by atoms with Crippen LogP contribution in [0.4, 0.5) is 0 Å². The molecule has 0 aliphatic heterocycles. The van der Waals surface area contributed by atoms with Crippen molar-refractivity contribution in [2.75, 3.05) is 12.9 Å². The fraction of sp³-hybridized carbons (Fsp3) is 0.455. The summed E-state index contributed by atoms with van der Waals surface area (Å²) >= 11 is 12.1. The highest BCUT2D eigenvalue weighted by Gasteiger charge is 2.15. The van der Waals surface area contributed by atoms with Crippen LogP contribution >= 0.6 is 28.1 Å². The molecule has 1 atom stereocenters. The molecule has 1 rings (SSSR count). The van der Waals surface area contributed by atoms with Crippen LogP contribution in [0.25, 0.3) is 0 Å². The van der Waals surface area contributed by atoms with E-state index >= 15 is 0 Å². The monoisotopic (exact) mass is 292 g/mol. The van der Waals surface area contributed by atoms with Crippen molar-refractivity contribution in [1.82, 2.24) is 0 Å². The quantitative estimate of drug-likeness (QED) is 0.650. The van der Waals surface area contributed by atoms with Crippen LogP contribution in [0.3, 0.4) is 0 Å². The Balaban J connectivity index is 2.77. The van der Waals surface area contributed by atoms with Crippen LogP contribution in [-0.2, 0) is 11.8 Å². The van der Waals surface area contributed by atoms with Gasteiger partial charge in [0.25, 0.3) is 0 Å². The van der Waals surface area contributed by atoms with Gasteiger partial charge < -0.3 is 4.74 Å². The number of hydrogen-bond donors (Lipinski definition) is 1. The third-order valence-corrected chi connectivity index (χ3v) is 9.54. The Morgan fingerprint density at radius 3 is 2.38 bits per heavy atom. The lowest BCUT2D eigenvalue weighted by Gasteiger charge is -2.17. The standard InChI is InChI=1S/C11H17OPS3/c1-9(2)8-16-13(14,15)11-6-4-10(12-3)5-7-11/h4-7,9H,8H2,1-3H3,(H,14,15). The van der Waals surface area contributed by atoms with Gasteiger partial charge in [0.2, 0.25) is 0 Å². The molecule has 1 aromatic carbocycles. The van der Waals surface area contributed by atoms with E-state index in [4.69, 9.17) is 16.5 Å². The molecule has 0 N–H and O–H groups in total. The van der Waals surface area contributed by atoms with E-state index < -0.39 is 4.44 Å². The summed E-state index contributed by atoms with van der Waals surface area (Å²) in [5.41, 5.74) is 0. The van der Waals surface area contributed by atoms with Crippen LogP contribution in [0.15, 0.2) is 24.3 Å². The molecule has 16 heavy (non-hydrogen) atoms. The number of thiol groups is 1. The summed E-state index contributed by atoms with van der Waals surface area (Å²) in [7, 11) is 1.67. The molecule has 1 aromatic rings. The second kappa shape index (κ2) is 6.34. The van der Waals surface area contributed by atoms with Gasteiger partial charge in [0.05, 0.1) is 11.6 Å². The predicted molar refractivity (Wildman–Crippen MR) is 83.2 cm³/mol. The Morgan fingerprint density at radius 2 is 1.94 bits per heavy atom. The first kappa shape index (κ1) is 14.4. The molecule has 1 unspecified atom stereocenters. The molecule has 0 bridgehead atoms. The van der Waals surface area contributed by atoms with Crippen molar-refractivity contribution in [1.29, 1.82) is 0 Å². The van der Waals surface area contributed by atoms with Crippen molar-refractivity contribution < 1.29 is 4.74 Å². The maximum atomic E-state index is 5.61. The maximum Gasteiger partial charge on any atom is 0.118 e. The minimum absolute atomic E-state index is 0.651. The largest absolute Gasteiger partial charge is 0.497 e. The zero-order valence-electron chi connectivity index (χ0n) is 9.71. The van der Waals surface area contributed by atoms with E-state index in [0.717, 1.165) is 16.8 Å². The fourth-order valence-electron chi connectivity index (χ4n) is 1.10.